The summed E-state index contributed by atoms with van der Waals surface area (Å²) < 4.78 is 10.8. The fourth-order valence-electron chi connectivity index (χ4n) is 3.86. The van der Waals surface area contributed by atoms with Crippen molar-refractivity contribution in [1.82, 2.24) is 15.0 Å². The molecule has 8 nitrogen and oxygen atoms in total. The SMILES string of the molecule is Cc1noc2nc(-c3cccs3)cc(C(=O)OCCCCN3C(=O)c4ccccc4C3=O)c12. The zero-order valence-corrected chi connectivity index (χ0v) is 18.6. The maximum atomic E-state index is 12.9. The maximum Gasteiger partial charge on any atom is 0.339 e. The molecule has 0 spiro atoms. The lowest BCUT2D eigenvalue weighted by atomic mass is 10.1. The fraction of sp³-hybridized carbons (Fsp3) is 0.208. The molecule has 0 bridgehead atoms. The van der Waals surface area contributed by atoms with Crippen LogP contribution in [0.25, 0.3) is 21.7 Å². The molecule has 0 radical (unpaired) electrons. The van der Waals surface area contributed by atoms with Crippen molar-refractivity contribution in [3.63, 3.8) is 0 Å². The quantitative estimate of drug-likeness (QED) is 0.227. The van der Waals surface area contributed by atoms with E-state index in [4.69, 9.17) is 9.26 Å². The van der Waals surface area contributed by atoms with E-state index in [0.29, 0.717) is 46.3 Å². The molecule has 4 aromatic rings. The minimum absolute atomic E-state index is 0.157. The van der Waals surface area contributed by atoms with Crippen molar-refractivity contribution in [3.05, 3.63) is 70.2 Å². The number of benzene rings is 1. The molecule has 0 saturated heterocycles. The van der Waals surface area contributed by atoms with Crippen LogP contribution in [0.2, 0.25) is 0 Å². The van der Waals surface area contributed by atoms with Gasteiger partial charge in [0.15, 0.2) is 0 Å². The summed E-state index contributed by atoms with van der Waals surface area (Å²) in [4.78, 5) is 44.3. The minimum atomic E-state index is -0.493. The van der Waals surface area contributed by atoms with Crippen LogP contribution in [-0.4, -0.2) is 46.0 Å². The molecule has 5 rings (SSSR count). The van der Waals surface area contributed by atoms with Gasteiger partial charge in [0.1, 0.15) is 0 Å². The van der Waals surface area contributed by atoms with Gasteiger partial charge in [-0.3, -0.25) is 14.5 Å². The Morgan fingerprint density at radius 3 is 2.55 bits per heavy atom. The molecule has 9 heteroatoms. The van der Waals surface area contributed by atoms with Gasteiger partial charge in [-0.05, 0) is 49.4 Å². The summed E-state index contributed by atoms with van der Waals surface area (Å²) in [6.07, 6.45) is 1.03. The normalized spacial score (nSPS) is 13.1. The maximum absolute atomic E-state index is 12.9. The number of ether oxygens (including phenoxy) is 1. The Morgan fingerprint density at radius 1 is 1.09 bits per heavy atom. The molecular formula is C24H19N3O5S. The highest BCUT2D eigenvalue weighted by Crippen LogP contribution is 2.30. The summed E-state index contributed by atoms with van der Waals surface area (Å²) in [6.45, 7) is 2.18. The van der Waals surface area contributed by atoms with Crippen molar-refractivity contribution in [1.29, 1.82) is 0 Å². The van der Waals surface area contributed by atoms with E-state index in [-0.39, 0.29) is 30.7 Å². The predicted molar refractivity (Wildman–Crippen MR) is 121 cm³/mol. The molecule has 1 aliphatic rings. The Hall–Kier alpha value is -3.85. The lowest BCUT2D eigenvalue weighted by molar-refractivity contribution is 0.0487. The van der Waals surface area contributed by atoms with Crippen LogP contribution in [0.3, 0.4) is 0 Å². The van der Waals surface area contributed by atoms with E-state index in [1.807, 2.05) is 17.5 Å². The number of hydrogen-bond acceptors (Lipinski definition) is 8. The number of aromatic nitrogens is 2. The Kier molecular flexibility index (Phi) is 5.47. The van der Waals surface area contributed by atoms with E-state index < -0.39 is 5.97 Å². The van der Waals surface area contributed by atoms with Gasteiger partial charge in [0.05, 0.1) is 44.9 Å². The van der Waals surface area contributed by atoms with Crippen LogP contribution in [0.5, 0.6) is 0 Å². The third-order valence-electron chi connectivity index (χ3n) is 5.50. The van der Waals surface area contributed by atoms with E-state index in [0.717, 1.165) is 4.88 Å². The second-order valence-corrected chi connectivity index (χ2v) is 8.58. The smallest absolute Gasteiger partial charge is 0.339 e. The number of hydrogen-bond donors (Lipinski definition) is 0. The van der Waals surface area contributed by atoms with E-state index in [1.165, 1.54) is 16.2 Å². The number of imide groups is 1. The highest BCUT2D eigenvalue weighted by molar-refractivity contribution is 7.13. The number of unbranched alkanes of at least 4 members (excludes halogenated alkanes) is 1. The molecule has 33 heavy (non-hydrogen) atoms. The number of thiophene rings is 1. The highest BCUT2D eigenvalue weighted by Gasteiger charge is 2.34. The van der Waals surface area contributed by atoms with E-state index in [9.17, 15) is 14.4 Å². The topological polar surface area (TPSA) is 103 Å². The zero-order valence-electron chi connectivity index (χ0n) is 17.7. The number of carbonyl (C=O) groups is 3. The third-order valence-corrected chi connectivity index (χ3v) is 6.39. The van der Waals surface area contributed by atoms with Gasteiger partial charge in [0.25, 0.3) is 17.5 Å². The molecule has 166 valence electrons. The Balaban J connectivity index is 1.22. The van der Waals surface area contributed by atoms with Crippen molar-refractivity contribution in [3.8, 4) is 10.6 Å². The Morgan fingerprint density at radius 2 is 1.85 bits per heavy atom. The zero-order chi connectivity index (χ0) is 22.9. The first-order valence-corrected chi connectivity index (χ1v) is 11.4. The molecule has 2 amide bonds. The van der Waals surface area contributed by atoms with Crippen LogP contribution < -0.4 is 0 Å². The molecule has 0 saturated carbocycles. The second kappa shape index (κ2) is 8.59. The molecule has 3 aromatic heterocycles. The van der Waals surface area contributed by atoms with Gasteiger partial charge in [-0.2, -0.15) is 0 Å². The summed E-state index contributed by atoms with van der Waals surface area (Å²) in [7, 11) is 0. The summed E-state index contributed by atoms with van der Waals surface area (Å²) in [5.41, 5.74) is 2.68. The molecule has 1 aliphatic heterocycles. The highest BCUT2D eigenvalue weighted by atomic mass is 32.1. The fourth-order valence-corrected chi connectivity index (χ4v) is 4.55. The lowest BCUT2D eigenvalue weighted by Crippen LogP contribution is -2.30. The number of amides is 2. The number of rotatable bonds is 7. The summed E-state index contributed by atoms with van der Waals surface area (Å²) in [5.74, 6) is -1.06. The van der Waals surface area contributed by atoms with E-state index in [1.54, 1.807) is 37.3 Å². The number of aryl methyl sites for hydroxylation is 1. The van der Waals surface area contributed by atoms with Crippen LogP contribution in [0.1, 0.15) is 49.6 Å². The molecule has 4 heterocycles. The predicted octanol–water partition coefficient (Wildman–Crippen LogP) is 4.49. The van der Waals surface area contributed by atoms with Crippen LogP contribution in [0, 0.1) is 6.92 Å². The standard InChI is InChI=1S/C24H19N3O5S/c1-14-20-17(13-18(19-9-6-12-33-19)25-21(20)32-26-14)24(30)31-11-5-4-10-27-22(28)15-7-2-3-8-16(15)23(27)29/h2-3,6-9,12-13H,4-5,10-11H2,1H3. The van der Waals surface area contributed by atoms with Crippen molar-refractivity contribution in [2.75, 3.05) is 13.2 Å². The van der Waals surface area contributed by atoms with Gasteiger partial charge < -0.3 is 9.26 Å². The Labute approximate surface area is 192 Å². The average Bonchev–Trinajstić information content (AvgIpc) is 3.55. The monoisotopic (exact) mass is 461 g/mol. The van der Waals surface area contributed by atoms with Gasteiger partial charge in [-0.1, -0.05) is 23.4 Å². The van der Waals surface area contributed by atoms with E-state index in [2.05, 4.69) is 10.1 Å². The van der Waals surface area contributed by atoms with Crippen LogP contribution >= 0.6 is 11.3 Å². The first kappa shape index (κ1) is 21.0. The molecule has 0 fully saturated rings. The Bertz CT molecular complexity index is 1340. The van der Waals surface area contributed by atoms with Gasteiger partial charge >= 0.3 is 5.97 Å². The van der Waals surface area contributed by atoms with Crippen molar-refractivity contribution >= 4 is 40.2 Å². The van der Waals surface area contributed by atoms with Crippen LogP contribution in [0.4, 0.5) is 0 Å². The summed E-state index contributed by atoms with van der Waals surface area (Å²) >= 11 is 1.51. The molecule has 0 unspecified atom stereocenters. The van der Waals surface area contributed by atoms with Crippen LogP contribution in [-0.2, 0) is 4.74 Å². The largest absolute Gasteiger partial charge is 0.462 e. The third kappa shape index (κ3) is 3.80. The number of nitrogens with zero attached hydrogens (tertiary/aromatic N) is 3. The number of pyridine rings is 1. The van der Waals surface area contributed by atoms with Crippen molar-refractivity contribution in [2.45, 2.75) is 19.8 Å². The summed E-state index contributed by atoms with van der Waals surface area (Å²) in [6, 6.07) is 12.3. The van der Waals surface area contributed by atoms with Gasteiger partial charge in [-0.15, -0.1) is 11.3 Å². The number of carbonyl (C=O) groups excluding carboxylic acids is 3. The molecule has 0 N–H and O–H groups in total. The second-order valence-electron chi connectivity index (χ2n) is 7.63. The van der Waals surface area contributed by atoms with Gasteiger partial charge in [0.2, 0.25) is 0 Å². The minimum Gasteiger partial charge on any atom is -0.462 e. The molecule has 0 atom stereocenters. The molecular weight excluding hydrogens is 442 g/mol. The van der Waals surface area contributed by atoms with Crippen molar-refractivity contribution in [2.24, 2.45) is 0 Å². The van der Waals surface area contributed by atoms with Crippen molar-refractivity contribution < 1.29 is 23.6 Å². The van der Waals surface area contributed by atoms with Gasteiger partial charge in [0, 0.05) is 6.54 Å². The first-order valence-electron chi connectivity index (χ1n) is 10.5. The first-order chi connectivity index (χ1) is 16.0. The van der Waals surface area contributed by atoms with E-state index >= 15 is 0 Å². The molecule has 1 aromatic carbocycles. The lowest BCUT2D eigenvalue weighted by Gasteiger charge is -2.13. The number of fused-ring (bicyclic) bond motifs is 2. The van der Waals surface area contributed by atoms with Gasteiger partial charge in [-0.25, -0.2) is 9.78 Å². The number of esters is 1. The average molecular weight is 461 g/mol. The molecule has 0 aliphatic carbocycles. The summed E-state index contributed by atoms with van der Waals surface area (Å²) in [5, 5.41) is 6.40. The van der Waals surface area contributed by atoms with Crippen LogP contribution in [0.15, 0.2) is 52.4 Å².